The lowest BCUT2D eigenvalue weighted by molar-refractivity contribution is -0.0209. The quantitative estimate of drug-likeness (QED) is 0.301. The second-order valence-corrected chi connectivity index (χ2v) is 10.6. The Balaban J connectivity index is 0.000000168. The van der Waals surface area contributed by atoms with Crippen LogP contribution in [0.2, 0.25) is 0 Å². The number of hydrogen-bond acceptors (Lipinski definition) is 8. The highest BCUT2D eigenvalue weighted by Crippen LogP contribution is 2.42. The van der Waals surface area contributed by atoms with Crippen LogP contribution in [0.25, 0.3) is 0 Å². The zero-order valence-electron chi connectivity index (χ0n) is 22.5. The van der Waals surface area contributed by atoms with Crippen molar-refractivity contribution in [1.82, 2.24) is 29.5 Å². The van der Waals surface area contributed by atoms with Gasteiger partial charge in [0.2, 0.25) is 0 Å². The van der Waals surface area contributed by atoms with Gasteiger partial charge in [0.05, 0.1) is 26.3 Å². The van der Waals surface area contributed by atoms with E-state index in [-0.39, 0.29) is 49.3 Å². The zero-order valence-corrected chi connectivity index (χ0v) is 22.5. The van der Waals surface area contributed by atoms with E-state index in [1.807, 2.05) is 0 Å². The van der Waals surface area contributed by atoms with Gasteiger partial charge in [-0.25, -0.2) is 36.9 Å². The van der Waals surface area contributed by atoms with Crippen LogP contribution < -0.4 is 0 Å². The molecule has 0 unspecified atom stereocenters. The summed E-state index contributed by atoms with van der Waals surface area (Å²) in [6, 6.07) is 6.87. The first-order valence-electron chi connectivity index (χ1n) is 13.3. The summed E-state index contributed by atoms with van der Waals surface area (Å²) in [4.78, 5) is 7.72. The first-order chi connectivity index (χ1) is 20.3. The molecule has 0 spiro atoms. The first kappa shape index (κ1) is 29.8. The van der Waals surface area contributed by atoms with E-state index in [4.69, 9.17) is 9.47 Å². The summed E-state index contributed by atoms with van der Waals surface area (Å²) < 4.78 is 69.3. The lowest BCUT2D eigenvalue weighted by Crippen LogP contribution is -2.32. The molecular formula is C28H30F4N6O4. The summed E-state index contributed by atoms with van der Waals surface area (Å²) in [6.45, 7) is 1.08. The predicted molar refractivity (Wildman–Crippen MR) is 138 cm³/mol. The maximum Gasteiger partial charge on any atom is 0.137 e. The van der Waals surface area contributed by atoms with Crippen molar-refractivity contribution in [1.29, 1.82) is 0 Å². The van der Waals surface area contributed by atoms with Crippen molar-refractivity contribution >= 4 is 0 Å². The molecule has 6 rings (SSSR count). The summed E-state index contributed by atoms with van der Waals surface area (Å²) in [7, 11) is 0. The van der Waals surface area contributed by atoms with Gasteiger partial charge in [-0.05, 0) is 25.0 Å². The summed E-state index contributed by atoms with van der Waals surface area (Å²) in [5, 5.41) is 26.7. The normalized spacial score (nSPS) is 25.4. The van der Waals surface area contributed by atoms with Gasteiger partial charge in [-0.3, -0.25) is 0 Å². The molecule has 4 heterocycles. The van der Waals surface area contributed by atoms with E-state index in [0.717, 1.165) is 12.1 Å². The SMILES string of the molecule is OC[C@@H]1CO[C@@](Cn2cncn2)(c2ccc(F)cc2F)C1.OC[C@H]1CO[C@](Cn2cncn2)(c2ccc(F)cc2F)C1. The maximum absolute atomic E-state index is 14.2. The van der Waals surface area contributed by atoms with Gasteiger partial charge >= 0.3 is 0 Å². The Bertz CT molecular complexity index is 1350. The topological polar surface area (TPSA) is 120 Å². The molecular weight excluding hydrogens is 560 g/mol. The van der Waals surface area contributed by atoms with Gasteiger partial charge in [-0.15, -0.1) is 0 Å². The molecule has 0 radical (unpaired) electrons. The summed E-state index contributed by atoms with van der Waals surface area (Å²) in [5.74, 6) is -2.76. The van der Waals surface area contributed by atoms with E-state index in [1.54, 1.807) is 9.36 Å². The molecule has 14 heteroatoms. The standard InChI is InChI=1S/2C14H15F2N3O2/c2*15-11-1-2-12(13(16)3-11)14(4-10(5-20)6-21-14)7-19-9-17-8-18-19/h2*1-3,8-10,20H,4-7H2/t2*10-,14+/m10/s1. The van der Waals surface area contributed by atoms with Crippen LogP contribution in [-0.2, 0) is 33.8 Å². The van der Waals surface area contributed by atoms with Gasteiger partial charge < -0.3 is 19.7 Å². The van der Waals surface area contributed by atoms with Gasteiger partial charge in [0.15, 0.2) is 0 Å². The Morgan fingerprint density at radius 3 is 1.45 bits per heavy atom. The number of hydrogen-bond donors (Lipinski definition) is 2. The average Bonchev–Trinajstić information content (AvgIpc) is 3.78. The fourth-order valence-electron chi connectivity index (χ4n) is 5.59. The molecule has 0 saturated carbocycles. The van der Waals surface area contributed by atoms with Gasteiger partial charge in [-0.2, -0.15) is 10.2 Å². The minimum Gasteiger partial charge on any atom is -0.396 e. The molecule has 2 aliphatic heterocycles. The molecule has 4 atom stereocenters. The number of benzene rings is 2. The van der Waals surface area contributed by atoms with Gasteiger partial charge in [0.1, 0.15) is 59.8 Å². The second-order valence-electron chi connectivity index (χ2n) is 10.6. The average molecular weight is 591 g/mol. The van der Waals surface area contributed by atoms with Crippen LogP contribution in [0, 0.1) is 35.1 Å². The number of aliphatic hydroxyl groups excluding tert-OH is 2. The lowest BCUT2D eigenvalue weighted by Gasteiger charge is -2.29. The molecule has 2 aromatic heterocycles. The van der Waals surface area contributed by atoms with Crippen LogP contribution in [0.15, 0.2) is 61.7 Å². The van der Waals surface area contributed by atoms with Crippen molar-refractivity contribution < 1.29 is 37.2 Å². The Hall–Kier alpha value is -3.72. The summed E-state index contributed by atoms with van der Waals surface area (Å²) in [5.41, 5.74) is -1.40. The largest absolute Gasteiger partial charge is 0.396 e. The fraction of sp³-hybridized carbons (Fsp3) is 0.429. The molecule has 2 aromatic carbocycles. The van der Waals surface area contributed by atoms with E-state index in [2.05, 4.69) is 20.2 Å². The third-order valence-electron chi connectivity index (χ3n) is 7.56. The minimum atomic E-state index is -0.973. The molecule has 10 nitrogen and oxygen atoms in total. The fourth-order valence-corrected chi connectivity index (χ4v) is 5.59. The minimum absolute atomic E-state index is 0.0398. The molecule has 224 valence electrons. The maximum atomic E-state index is 14.2. The highest BCUT2D eigenvalue weighted by atomic mass is 19.1. The Labute approximate surface area is 238 Å². The van der Waals surface area contributed by atoms with E-state index in [1.165, 1.54) is 49.6 Å². The van der Waals surface area contributed by atoms with E-state index >= 15 is 0 Å². The van der Waals surface area contributed by atoms with Crippen molar-refractivity contribution in [3.05, 3.63) is 96.1 Å². The van der Waals surface area contributed by atoms with E-state index in [9.17, 15) is 27.8 Å². The van der Waals surface area contributed by atoms with Crippen molar-refractivity contribution in [2.45, 2.75) is 37.1 Å². The highest BCUT2D eigenvalue weighted by Gasteiger charge is 2.45. The molecule has 0 amide bonds. The summed E-state index contributed by atoms with van der Waals surface area (Å²) >= 11 is 0. The van der Waals surface area contributed by atoms with Crippen molar-refractivity contribution in [2.75, 3.05) is 26.4 Å². The third-order valence-corrected chi connectivity index (χ3v) is 7.56. The molecule has 4 aromatic rings. The van der Waals surface area contributed by atoms with Crippen molar-refractivity contribution in [3.8, 4) is 0 Å². The number of aromatic nitrogens is 6. The van der Waals surface area contributed by atoms with Gasteiger partial charge in [0.25, 0.3) is 0 Å². The molecule has 0 aliphatic carbocycles. The van der Waals surface area contributed by atoms with E-state index < -0.39 is 34.5 Å². The smallest absolute Gasteiger partial charge is 0.137 e. The molecule has 42 heavy (non-hydrogen) atoms. The van der Waals surface area contributed by atoms with Crippen LogP contribution in [-0.4, -0.2) is 66.2 Å². The third kappa shape index (κ3) is 6.36. The number of aliphatic hydroxyl groups is 2. The molecule has 2 fully saturated rings. The first-order valence-corrected chi connectivity index (χ1v) is 13.3. The Kier molecular flexibility index (Phi) is 8.96. The van der Waals surface area contributed by atoms with Gasteiger partial charge in [0, 0.05) is 48.3 Å². The van der Waals surface area contributed by atoms with Crippen LogP contribution >= 0.6 is 0 Å². The Morgan fingerprint density at radius 2 is 1.14 bits per heavy atom. The Morgan fingerprint density at radius 1 is 0.714 bits per heavy atom. The molecule has 2 aliphatic rings. The van der Waals surface area contributed by atoms with Crippen LogP contribution in [0.1, 0.15) is 24.0 Å². The highest BCUT2D eigenvalue weighted by molar-refractivity contribution is 5.27. The number of rotatable bonds is 8. The van der Waals surface area contributed by atoms with Crippen molar-refractivity contribution in [3.63, 3.8) is 0 Å². The molecule has 0 bridgehead atoms. The zero-order chi connectivity index (χ0) is 29.7. The number of halogens is 4. The van der Waals surface area contributed by atoms with Crippen LogP contribution in [0.5, 0.6) is 0 Å². The number of nitrogens with zero attached hydrogens (tertiary/aromatic N) is 6. The monoisotopic (exact) mass is 590 g/mol. The lowest BCUT2D eigenvalue weighted by atomic mass is 9.87. The van der Waals surface area contributed by atoms with E-state index in [0.29, 0.717) is 26.1 Å². The van der Waals surface area contributed by atoms with Crippen LogP contribution in [0.4, 0.5) is 17.6 Å². The molecule has 2 saturated heterocycles. The summed E-state index contributed by atoms with van der Waals surface area (Å²) in [6.07, 6.45) is 6.66. The number of ether oxygens (including phenoxy) is 2. The predicted octanol–water partition coefficient (Wildman–Crippen LogP) is 2.96. The second kappa shape index (κ2) is 12.7. The molecule has 2 N–H and O–H groups in total. The van der Waals surface area contributed by atoms with Gasteiger partial charge in [-0.1, -0.05) is 12.1 Å². The van der Waals surface area contributed by atoms with Crippen molar-refractivity contribution in [2.24, 2.45) is 11.8 Å². The van der Waals surface area contributed by atoms with Crippen LogP contribution in [0.3, 0.4) is 0 Å².